The molecule has 7 heteroatoms. The maximum Gasteiger partial charge on any atom is 0.316 e. The van der Waals surface area contributed by atoms with E-state index in [0.717, 1.165) is 11.3 Å². The van der Waals surface area contributed by atoms with E-state index in [4.69, 9.17) is 5.73 Å². The van der Waals surface area contributed by atoms with Gasteiger partial charge in [-0.05, 0) is 30.2 Å². The Hall–Kier alpha value is -3.61. The van der Waals surface area contributed by atoms with Crippen LogP contribution in [0.4, 0.5) is 16.2 Å². The Kier molecular flexibility index (Phi) is 5.51. The molecule has 1 aromatic heterocycles. The topological polar surface area (TPSA) is 102 Å². The maximum absolute atomic E-state index is 12.7. The number of hydrogen-bond acceptors (Lipinski definition) is 3. The van der Waals surface area contributed by atoms with E-state index in [2.05, 4.69) is 15.7 Å². The number of hydrogen-bond donors (Lipinski definition) is 3. The van der Waals surface area contributed by atoms with Crippen molar-refractivity contribution in [2.24, 2.45) is 5.73 Å². The Morgan fingerprint density at radius 1 is 1.04 bits per heavy atom. The van der Waals surface area contributed by atoms with Gasteiger partial charge in [-0.1, -0.05) is 43.3 Å². The second-order valence-electron chi connectivity index (χ2n) is 6.03. The van der Waals surface area contributed by atoms with Gasteiger partial charge in [-0.25, -0.2) is 4.79 Å². The van der Waals surface area contributed by atoms with Crippen LogP contribution in [0, 0.1) is 0 Å². The van der Waals surface area contributed by atoms with E-state index in [1.54, 1.807) is 30.5 Å². The van der Waals surface area contributed by atoms with Gasteiger partial charge in [-0.2, -0.15) is 5.10 Å². The van der Waals surface area contributed by atoms with Crippen molar-refractivity contribution in [3.05, 3.63) is 77.6 Å². The Bertz CT molecular complexity index is 950. The molecule has 0 saturated carbocycles. The first-order valence-electron chi connectivity index (χ1n) is 8.63. The van der Waals surface area contributed by atoms with E-state index in [0.29, 0.717) is 29.9 Å². The maximum atomic E-state index is 12.7. The summed E-state index contributed by atoms with van der Waals surface area (Å²) in [5, 5.41) is 9.71. The second kappa shape index (κ2) is 8.18. The smallest absolute Gasteiger partial charge is 0.316 e. The number of anilines is 2. The Labute approximate surface area is 157 Å². The van der Waals surface area contributed by atoms with Crippen molar-refractivity contribution >= 4 is 23.3 Å². The fraction of sp³-hybridized carbons (Fsp3) is 0.150. The Morgan fingerprint density at radius 2 is 1.74 bits per heavy atom. The molecule has 7 nitrogen and oxygen atoms in total. The molecule has 2 aromatic carbocycles. The van der Waals surface area contributed by atoms with Gasteiger partial charge < -0.3 is 16.4 Å². The molecule has 3 aromatic rings. The molecule has 3 amide bonds. The van der Waals surface area contributed by atoms with E-state index in [1.165, 1.54) is 0 Å². The third-order valence-electron chi connectivity index (χ3n) is 4.09. The number of nitrogens with two attached hydrogens (primary N) is 1. The van der Waals surface area contributed by atoms with Gasteiger partial charge in [-0.15, -0.1) is 0 Å². The van der Waals surface area contributed by atoms with Gasteiger partial charge in [0.15, 0.2) is 0 Å². The summed E-state index contributed by atoms with van der Waals surface area (Å²) < 4.78 is 1.84. The van der Waals surface area contributed by atoms with E-state index in [9.17, 15) is 9.59 Å². The zero-order chi connectivity index (χ0) is 19.2. The number of rotatable bonds is 6. The van der Waals surface area contributed by atoms with Crippen LogP contribution >= 0.6 is 0 Å². The molecule has 0 aliphatic heterocycles. The molecule has 0 atom stereocenters. The minimum absolute atomic E-state index is 0.248. The number of primary amides is 1. The number of carbonyl (C=O) groups excluding carboxylic acids is 2. The van der Waals surface area contributed by atoms with Gasteiger partial charge in [0, 0.05) is 11.4 Å². The lowest BCUT2D eigenvalue weighted by Crippen LogP contribution is -2.19. The SMILES string of the molecule is CCc1c(C(=O)Nc2cccc(NC(N)=O)c2)cnn1Cc1ccccc1. The largest absolute Gasteiger partial charge is 0.351 e. The molecular formula is C20H21N5O2. The summed E-state index contributed by atoms with van der Waals surface area (Å²) in [4.78, 5) is 23.7. The number of urea groups is 1. The summed E-state index contributed by atoms with van der Waals surface area (Å²) in [5.74, 6) is -0.248. The van der Waals surface area contributed by atoms with Crippen LogP contribution in [0.25, 0.3) is 0 Å². The van der Waals surface area contributed by atoms with Crippen molar-refractivity contribution < 1.29 is 9.59 Å². The zero-order valence-electron chi connectivity index (χ0n) is 15.0. The number of amides is 3. The number of nitrogens with one attached hydrogen (secondary N) is 2. The number of benzene rings is 2. The highest BCUT2D eigenvalue weighted by Gasteiger charge is 2.16. The molecule has 138 valence electrons. The number of aromatic nitrogens is 2. The minimum atomic E-state index is -0.658. The van der Waals surface area contributed by atoms with Gasteiger partial charge in [0.2, 0.25) is 0 Å². The van der Waals surface area contributed by atoms with Crippen LogP contribution < -0.4 is 16.4 Å². The van der Waals surface area contributed by atoms with Crippen LogP contribution in [-0.4, -0.2) is 21.7 Å². The van der Waals surface area contributed by atoms with Crippen LogP contribution in [0.3, 0.4) is 0 Å². The zero-order valence-corrected chi connectivity index (χ0v) is 15.0. The molecule has 3 rings (SSSR count). The lowest BCUT2D eigenvalue weighted by molar-refractivity contribution is 0.102. The molecule has 1 heterocycles. The molecule has 0 spiro atoms. The molecule has 0 aliphatic carbocycles. The molecular weight excluding hydrogens is 342 g/mol. The van der Waals surface area contributed by atoms with Crippen LogP contribution in [0.1, 0.15) is 28.5 Å². The first-order valence-corrected chi connectivity index (χ1v) is 8.63. The van der Waals surface area contributed by atoms with Crippen molar-refractivity contribution in [2.45, 2.75) is 19.9 Å². The van der Waals surface area contributed by atoms with Gasteiger partial charge in [0.1, 0.15) is 0 Å². The Morgan fingerprint density at radius 3 is 2.41 bits per heavy atom. The summed E-state index contributed by atoms with van der Waals surface area (Å²) in [7, 11) is 0. The molecule has 27 heavy (non-hydrogen) atoms. The highest BCUT2D eigenvalue weighted by molar-refractivity contribution is 6.05. The summed E-state index contributed by atoms with van der Waals surface area (Å²) in [6.07, 6.45) is 2.27. The molecule has 0 fully saturated rings. The first-order chi connectivity index (χ1) is 13.1. The fourth-order valence-corrected chi connectivity index (χ4v) is 2.88. The molecule has 0 radical (unpaired) electrons. The average molecular weight is 363 g/mol. The Balaban J connectivity index is 1.78. The van der Waals surface area contributed by atoms with Gasteiger partial charge in [0.25, 0.3) is 5.91 Å². The number of carbonyl (C=O) groups is 2. The van der Waals surface area contributed by atoms with Crippen molar-refractivity contribution in [3.8, 4) is 0 Å². The van der Waals surface area contributed by atoms with E-state index < -0.39 is 6.03 Å². The fourth-order valence-electron chi connectivity index (χ4n) is 2.88. The predicted octanol–water partition coefficient (Wildman–Crippen LogP) is 3.24. The van der Waals surface area contributed by atoms with Crippen molar-refractivity contribution in [1.82, 2.24) is 9.78 Å². The van der Waals surface area contributed by atoms with Gasteiger partial charge in [-0.3, -0.25) is 9.48 Å². The van der Waals surface area contributed by atoms with Gasteiger partial charge in [0.05, 0.1) is 24.0 Å². The monoisotopic (exact) mass is 363 g/mol. The second-order valence-corrected chi connectivity index (χ2v) is 6.03. The predicted molar refractivity (Wildman–Crippen MR) is 105 cm³/mol. The highest BCUT2D eigenvalue weighted by Crippen LogP contribution is 2.18. The third-order valence-corrected chi connectivity index (χ3v) is 4.09. The number of nitrogens with zero attached hydrogens (tertiary/aromatic N) is 2. The lowest BCUT2D eigenvalue weighted by Gasteiger charge is -2.10. The highest BCUT2D eigenvalue weighted by atomic mass is 16.2. The molecule has 4 N–H and O–H groups in total. The standard InChI is InChI=1S/C20H21N5O2/c1-2-18-17(12-22-25(18)13-14-7-4-3-5-8-14)19(26)23-15-9-6-10-16(11-15)24-20(21)27/h3-12H,2,13H2,1H3,(H,23,26)(H3,21,24,27). The summed E-state index contributed by atoms with van der Waals surface area (Å²) in [6, 6.07) is 16.1. The quantitative estimate of drug-likeness (QED) is 0.626. The normalized spacial score (nSPS) is 10.4. The van der Waals surface area contributed by atoms with Crippen molar-refractivity contribution in [2.75, 3.05) is 10.6 Å². The molecule has 0 unspecified atom stereocenters. The van der Waals surface area contributed by atoms with E-state index in [1.807, 2.05) is 41.9 Å². The first kappa shape index (κ1) is 18.2. The van der Waals surface area contributed by atoms with Crippen LogP contribution in [0.15, 0.2) is 60.8 Å². The summed E-state index contributed by atoms with van der Waals surface area (Å²) in [6.45, 7) is 2.60. The van der Waals surface area contributed by atoms with E-state index in [-0.39, 0.29) is 5.91 Å². The van der Waals surface area contributed by atoms with Crippen molar-refractivity contribution in [3.63, 3.8) is 0 Å². The van der Waals surface area contributed by atoms with Crippen LogP contribution in [-0.2, 0) is 13.0 Å². The summed E-state index contributed by atoms with van der Waals surface area (Å²) >= 11 is 0. The summed E-state index contributed by atoms with van der Waals surface area (Å²) in [5.41, 5.74) is 8.70. The van der Waals surface area contributed by atoms with Crippen LogP contribution in [0.5, 0.6) is 0 Å². The van der Waals surface area contributed by atoms with Crippen LogP contribution in [0.2, 0.25) is 0 Å². The lowest BCUT2D eigenvalue weighted by atomic mass is 10.1. The average Bonchev–Trinajstić information content (AvgIpc) is 3.05. The van der Waals surface area contributed by atoms with Crippen molar-refractivity contribution in [1.29, 1.82) is 0 Å². The third kappa shape index (κ3) is 4.52. The minimum Gasteiger partial charge on any atom is -0.351 e. The molecule has 0 saturated heterocycles. The molecule has 0 aliphatic rings. The van der Waals surface area contributed by atoms with E-state index >= 15 is 0 Å². The molecule has 0 bridgehead atoms. The van der Waals surface area contributed by atoms with Gasteiger partial charge >= 0.3 is 6.03 Å².